The average molecular weight is 184 g/mol. The lowest BCUT2D eigenvalue weighted by Crippen LogP contribution is -2.08. The lowest BCUT2D eigenvalue weighted by molar-refractivity contribution is -0.138. The second-order valence-electron chi connectivity index (χ2n) is 3.30. The van der Waals surface area contributed by atoms with Crippen molar-refractivity contribution in [1.29, 1.82) is 0 Å². The van der Waals surface area contributed by atoms with Crippen LogP contribution in [0.2, 0.25) is 0 Å². The number of carbonyl (C=O) groups is 1. The maximum Gasteiger partial charge on any atom is 0.333 e. The fourth-order valence-corrected chi connectivity index (χ4v) is 1.17. The molecule has 0 amide bonds. The van der Waals surface area contributed by atoms with Gasteiger partial charge in [-0.1, -0.05) is 13.0 Å². The largest absolute Gasteiger partial charge is 0.463 e. The van der Waals surface area contributed by atoms with Crippen LogP contribution >= 0.6 is 0 Å². The Morgan fingerprint density at radius 1 is 1.77 bits per heavy atom. The lowest BCUT2D eigenvalue weighted by atomic mass is 10.1. The topological polar surface area (TPSA) is 38.8 Å². The molecule has 1 aliphatic rings. The van der Waals surface area contributed by atoms with Gasteiger partial charge in [-0.25, -0.2) is 4.79 Å². The van der Waals surface area contributed by atoms with E-state index < -0.39 is 0 Å². The smallest absolute Gasteiger partial charge is 0.333 e. The van der Waals surface area contributed by atoms with Crippen molar-refractivity contribution in [1.82, 2.24) is 0 Å². The molecule has 1 rings (SSSR count). The van der Waals surface area contributed by atoms with Crippen LogP contribution in [0.3, 0.4) is 0 Å². The molecule has 3 heteroatoms. The second kappa shape index (κ2) is 4.42. The van der Waals surface area contributed by atoms with Gasteiger partial charge in [-0.2, -0.15) is 0 Å². The third-order valence-corrected chi connectivity index (χ3v) is 2.06. The van der Waals surface area contributed by atoms with E-state index in [0.29, 0.717) is 24.2 Å². The van der Waals surface area contributed by atoms with Gasteiger partial charge in [0.25, 0.3) is 0 Å². The van der Waals surface area contributed by atoms with Crippen LogP contribution in [0.15, 0.2) is 11.6 Å². The van der Waals surface area contributed by atoms with Crippen LogP contribution in [-0.2, 0) is 14.3 Å². The van der Waals surface area contributed by atoms with Gasteiger partial charge in [-0.15, -0.1) is 0 Å². The van der Waals surface area contributed by atoms with Crippen LogP contribution in [-0.4, -0.2) is 25.3 Å². The second-order valence-corrected chi connectivity index (χ2v) is 3.30. The molecule has 0 saturated carbocycles. The van der Waals surface area contributed by atoms with E-state index in [1.54, 1.807) is 13.8 Å². The van der Waals surface area contributed by atoms with Gasteiger partial charge in [0.15, 0.2) is 0 Å². The number of hydrogen-bond acceptors (Lipinski definition) is 3. The third-order valence-electron chi connectivity index (χ3n) is 2.06. The monoisotopic (exact) mass is 184 g/mol. The molecule has 0 spiro atoms. The molecular formula is C10H16O3. The molecule has 3 nitrogen and oxygen atoms in total. The standard InChI is InChI=1S/C10H16O3/c1-4-12-10(11)8(3)5-7(2)9-6-13-9/h5,7,9H,4,6H2,1-3H3/b8-5+/t7-,9+/m1/s1. The first-order chi connectivity index (χ1) is 6.15. The molecule has 13 heavy (non-hydrogen) atoms. The molecule has 0 aliphatic carbocycles. The van der Waals surface area contributed by atoms with Gasteiger partial charge in [-0.3, -0.25) is 0 Å². The molecule has 0 N–H and O–H groups in total. The Balaban J connectivity index is 2.43. The van der Waals surface area contributed by atoms with Crippen LogP contribution < -0.4 is 0 Å². The van der Waals surface area contributed by atoms with E-state index in [2.05, 4.69) is 0 Å². The summed E-state index contributed by atoms with van der Waals surface area (Å²) in [6, 6.07) is 0. The predicted molar refractivity (Wildman–Crippen MR) is 49.3 cm³/mol. The zero-order valence-electron chi connectivity index (χ0n) is 8.37. The minimum atomic E-state index is -0.227. The highest BCUT2D eigenvalue weighted by atomic mass is 16.6. The summed E-state index contributed by atoms with van der Waals surface area (Å²) in [6.07, 6.45) is 2.22. The maximum atomic E-state index is 11.2. The van der Waals surface area contributed by atoms with Gasteiger partial charge < -0.3 is 9.47 Å². The molecule has 74 valence electrons. The Hall–Kier alpha value is -0.830. The predicted octanol–water partition coefficient (Wildman–Crippen LogP) is 1.53. The molecule has 1 heterocycles. The third kappa shape index (κ3) is 3.19. The Morgan fingerprint density at radius 3 is 2.85 bits per heavy atom. The molecule has 0 unspecified atom stereocenters. The Bertz CT molecular complexity index is 216. The van der Waals surface area contributed by atoms with Gasteiger partial charge in [0.05, 0.1) is 19.3 Å². The van der Waals surface area contributed by atoms with E-state index >= 15 is 0 Å². The van der Waals surface area contributed by atoms with Crippen molar-refractivity contribution in [2.75, 3.05) is 13.2 Å². The van der Waals surface area contributed by atoms with Crippen molar-refractivity contribution in [3.05, 3.63) is 11.6 Å². The number of esters is 1. The Labute approximate surface area is 78.7 Å². The lowest BCUT2D eigenvalue weighted by Gasteiger charge is -2.04. The summed E-state index contributed by atoms with van der Waals surface area (Å²) in [7, 11) is 0. The van der Waals surface area contributed by atoms with Gasteiger partial charge in [0.2, 0.25) is 0 Å². The fraction of sp³-hybridized carbons (Fsp3) is 0.700. The fourth-order valence-electron chi connectivity index (χ4n) is 1.17. The van der Waals surface area contributed by atoms with E-state index in [9.17, 15) is 4.79 Å². The van der Waals surface area contributed by atoms with Crippen LogP contribution in [0.4, 0.5) is 0 Å². The summed E-state index contributed by atoms with van der Waals surface area (Å²) >= 11 is 0. The van der Waals surface area contributed by atoms with Crippen LogP contribution in [0.5, 0.6) is 0 Å². The molecule has 2 atom stereocenters. The van der Waals surface area contributed by atoms with E-state index in [0.717, 1.165) is 6.61 Å². The summed E-state index contributed by atoms with van der Waals surface area (Å²) < 4.78 is 9.97. The van der Waals surface area contributed by atoms with E-state index in [1.807, 2.05) is 13.0 Å². The van der Waals surface area contributed by atoms with Crippen LogP contribution in [0.1, 0.15) is 20.8 Å². The van der Waals surface area contributed by atoms with Crippen molar-refractivity contribution in [2.24, 2.45) is 5.92 Å². The molecular weight excluding hydrogens is 168 g/mol. The molecule has 0 aromatic heterocycles. The highest BCUT2D eigenvalue weighted by Gasteiger charge is 2.28. The number of carbonyl (C=O) groups excluding carboxylic acids is 1. The molecule has 0 aromatic carbocycles. The highest BCUT2D eigenvalue weighted by molar-refractivity contribution is 5.87. The molecule has 1 aliphatic heterocycles. The van der Waals surface area contributed by atoms with E-state index in [-0.39, 0.29) is 5.97 Å². The molecule has 0 radical (unpaired) electrons. The number of hydrogen-bond donors (Lipinski definition) is 0. The van der Waals surface area contributed by atoms with Gasteiger partial charge in [0.1, 0.15) is 0 Å². The van der Waals surface area contributed by atoms with Gasteiger partial charge in [-0.05, 0) is 13.8 Å². The van der Waals surface area contributed by atoms with Crippen LogP contribution in [0.25, 0.3) is 0 Å². The molecule has 0 aromatic rings. The van der Waals surface area contributed by atoms with Crippen molar-refractivity contribution in [2.45, 2.75) is 26.9 Å². The van der Waals surface area contributed by atoms with Gasteiger partial charge >= 0.3 is 5.97 Å². The number of epoxide rings is 1. The number of rotatable bonds is 4. The maximum absolute atomic E-state index is 11.2. The first kappa shape index (κ1) is 10.3. The minimum absolute atomic E-state index is 0.227. The first-order valence-electron chi connectivity index (χ1n) is 4.62. The molecule has 0 bridgehead atoms. The summed E-state index contributed by atoms with van der Waals surface area (Å²) in [5.41, 5.74) is 0.671. The van der Waals surface area contributed by atoms with Crippen LogP contribution in [0, 0.1) is 5.92 Å². The highest BCUT2D eigenvalue weighted by Crippen LogP contribution is 2.21. The Kier molecular flexibility index (Phi) is 3.48. The van der Waals surface area contributed by atoms with Crippen molar-refractivity contribution in [3.63, 3.8) is 0 Å². The average Bonchev–Trinajstić information content (AvgIpc) is 2.86. The van der Waals surface area contributed by atoms with E-state index in [1.165, 1.54) is 0 Å². The first-order valence-corrected chi connectivity index (χ1v) is 4.62. The SMILES string of the molecule is CCOC(=O)/C(C)=C/[C@@H](C)[C@@H]1CO1. The zero-order valence-corrected chi connectivity index (χ0v) is 8.37. The van der Waals surface area contributed by atoms with Crippen molar-refractivity contribution >= 4 is 5.97 Å². The van der Waals surface area contributed by atoms with Crippen molar-refractivity contribution in [3.8, 4) is 0 Å². The summed E-state index contributed by atoms with van der Waals surface area (Å²) in [4.78, 5) is 11.2. The zero-order chi connectivity index (χ0) is 9.84. The quantitative estimate of drug-likeness (QED) is 0.378. The molecule has 1 saturated heterocycles. The Morgan fingerprint density at radius 2 is 2.38 bits per heavy atom. The minimum Gasteiger partial charge on any atom is -0.463 e. The van der Waals surface area contributed by atoms with E-state index in [4.69, 9.17) is 9.47 Å². The normalized spacial score (nSPS) is 23.9. The van der Waals surface area contributed by atoms with Crippen molar-refractivity contribution < 1.29 is 14.3 Å². The summed E-state index contributed by atoms with van der Waals surface area (Å²) in [6.45, 7) is 6.86. The summed E-state index contributed by atoms with van der Waals surface area (Å²) in [5, 5.41) is 0. The molecule has 1 fully saturated rings. The summed E-state index contributed by atoms with van der Waals surface area (Å²) in [5.74, 6) is 0.0828. The number of ether oxygens (including phenoxy) is 2. The van der Waals surface area contributed by atoms with Gasteiger partial charge in [0, 0.05) is 11.5 Å².